The lowest BCUT2D eigenvalue weighted by molar-refractivity contribution is 0.409. The number of hydrogen-bond acceptors (Lipinski definition) is 3. The summed E-state index contributed by atoms with van der Waals surface area (Å²) in [6, 6.07) is 5.75. The zero-order chi connectivity index (χ0) is 10.4. The SMILES string of the molecule is CCc1c(CN=C=O)cccc1OC. The minimum Gasteiger partial charge on any atom is -0.496 e. The van der Waals surface area contributed by atoms with Crippen molar-refractivity contribution >= 4 is 6.08 Å². The summed E-state index contributed by atoms with van der Waals surface area (Å²) in [4.78, 5) is 13.6. The number of ether oxygens (including phenoxy) is 1. The van der Waals surface area contributed by atoms with E-state index in [1.54, 1.807) is 7.11 Å². The fraction of sp³-hybridized carbons (Fsp3) is 0.364. The largest absolute Gasteiger partial charge is 0.496 e. The predicted octanol–water partition coefficient (Wildman–Crippen LogP) is 2.09. The lowest BCUT2D eigenvalue weighted by Gasteiger charge is -2.09. The third-order valence-electron chi connectivity index (χ3n) is 2.12. The zero-order valence-corrected chi connectivity index (χ0v) is 8.41. The van der Waals surface area contributed by atoms with Gasteiger partial charge in [-0.25, -0.2) is 9.79 Å². The van der Waals surface area contributed by atoms with Crippen molar-refractivity contribution in [2.75, 3.05) is 7.11 Å². The molecule has 0 amide bonds. The molecule has 1 aromatic rings. The molecule has 14 heavy (non-hydrogen) atoms. The van der Waals surface area contributed by atoms with Gasteiger partial charge in [0.15, 0.2) is 0 Å². The smallest absolute Gasteiger partial charge is 0.235 e. The summed E-state index contributed by atoms with van der Waals surface area (Å²) in [5, 5.41) is 0. The topological polar surface area (TPSA) is 38.7 Å². The van der Waals surface area contributed by atoms with Gasteiger partial charge in [-0.05, 0) is 23.6 Å². The molecule has 0 atom stereocenters. The zero-order valence-electron chi connectivity index (χ0n) is 8.41. The highest BCUT2D eigenvalue weighted by Crippen LogP contribution is 2.23. The Kier molecular flexibility index (Phi) is 3.89. The molecule has 0 bridgehead atoms. The summed E-state index contributed by atoms with van der Waals surface area (Å²) >= 11 is 0. The Morgan fingerprint density at radius 3 is 2.86 bits per heavy atom. The van der Waals surface area contributed by atoms with Crippen LogP contribution in [0.5, 0.6) is 5.75 Å². The Bertz CT molecular complexity index is 354. The van der Waals surface area contributed by atoms with Crippen LogP contribution in [-0.4, -0.2) is 13.2 Å². The molecule has 1 aromatic carbocycles. The minimum absolute atomic E-state index is 0.379. The van der Waals surface area contributed by atoms with Gasteiger partial charge in [0.1, 0.15) is 5.75 Å². The van der Waals surface area contributed by atoms with Crippen molar-refractivity contribution in [3.8, 4) is 5.75 Å². The van der Waals surface area contributed by atoms with Gasteiger partial charge in [-0.2, -0.15) is 0 Å². The third kappa shape index (κ3) is 2.21. The first kappa shape index (κ1) is 10.5. The van der Waals surface area contributed by atoms with Crippen LogP contribution in [0.4, 0.5) is 0 Å². The molecule has 0 aliphatic heterocycles. The quantitative estimate of drug-likeness (QED) is 0.540. The average molecular weight is 191 g/mol. The van der Waals surface area contributed by atoms with Gasteiger partial charge in [0.05, 0.1) is 13.7 Å². The number of methoxy groups -OCH3 is 1. The van der Waals surface area contributed by atoms with Gasteiger partial charge in [-0.15, -0.1) is 0 Å². The summed E-state index contributed by atoms with van der Waals surface area (Å²) in [5.41, 5.74) is 2.13. The molecule has 0 aromatic heterocycles. The van der Waals surface area contributed by atoms with Crippen molar-refractivity contribution in [2.24, 2.45) is 4.99 Å². The second kappa shape index (κ2) is 5.20. The summed E-state index contributed by atoms with van der Waals surface area (Å²) in [5.74, 6) is 0.853. The second-order valence-electron chi connectivity index (χ2n) is 2.86. The van der Waals surface area contributed by atoms with Crippen LogP contribution in [0.2, 0.25) is 0 Å². The lowest BCUT2D eigenvalue weighted by Crippen LogP contribution is -1.96. The van der Waals surface area contributed by atoms with E-state index in [0.29, 0.717) is 6.54 Å². The molecule has 3 heteroatoms. The van der Waals surface area contributed by atoms with Crippen LogP contribution in [0, 0.1) is 0 Å². The monoisotopic (exact) mass is 191 g/mol. The second-order valence-corrected chi connectivity index (χ2v) is 2.86. The summed E-state index contributed by atoms with van der Waals surface area (Å²) < 4.78 is 5.22. The van der Waals surface area contributed by atoms with E-state index in [1.165, 1.54) is 6.08 Å². The first-order valence-electron chi connectivity index (χ1n) is 4.51. The minimum atomic E-state index is 0.379. The van der Waals surface area contributed by atoms with Crippen LogP contribution < -0.4 is 4.74 Å². The van der Waals surface area contributed by atoms with Crippen molar-refractivity contribution in [1.82, 2.24) is 0 Å². The van der Waals surface area contributed by atoms with E-state index in [2.05, 4.69) is 4.99 Å². The third-order valence-corrected chi connectivity index (χ3v) is 2.12. The Hall–Kier alpha value is -1.60. The number of nitrogens with zero attached hydrogens (tertiary/aromatic N) is 1. The van der Waals surface area contributed by atoms with Crippen molar-refractivity contribution in [1.29, 1.82) is 0 Å². The molecule has 0 N–H and O–H groups in total. The molecule has 3 nitrogen and oxygen atoms in total. The van der Waals surface area contributed by atoms with Gasteiger partial charge in [0.2, 0.25) is 6.08 Å². The van der Waals surface area contributed by atoms with E-state index < -0.39 is 0 Å². The lowest BCUT2D eigenvalue weighted by atomic mass is 10.0. The maximum atomic E-state index is 10.0. The molecule has 0 fully saturated rings. The molecule has 0 aliphatic carbocycles. The number of carbonyl (C=O) groups excluding carboxylic acids is 1. The van der Waals surface area contributed by atoms with Crippen LogP contribution in [0.1, 0.15) is 18.1 Å². The van der Waals surface area contributed by atoms with E-state index in [9.17, 15) is 4.79 Å². The number of hydrogen-bond donors (Lipinski definition) is 0. The van der Waals surface area contributed by atoms with Crippen molar-refractivity contribution in [3.05, 3.63) is 29.3 Å². The van der Waals surface area contributed by atoms with E-state index >= 15 is 0 Å². The van der Waals surface area contributed by atoms with Gasteiger partial charge in [-0.3, -0.25) is 0 Å². The van der Waals surface area contributed by atoms with Crippen LogP contribution in [0.25, 0.3) is 0 Å². The number of rotatable bonds is 4. The normalized spacial score (nSPS) is 9.29. The van der Waals surface area contributed by atoms with Gasteiger partial charge in [0.25, 0.3) is 0 Å². The molecule has 0 radical (unpaired) electrons. The molecular formula is C11H13NO2. The molecule has 0 saturated heterocycles. The van der Waals surface area contributed by atoms with E-state index in [1.807, 2.05) is 25.1 Å². The van der Waals surface area contributed by atoms with Crippen molar-refractivity contribution < 1.29 is 9.53 Å². The van der Waals surface area contributed by atoms with Gasteiger partial charge in [-0.1, -0.05) is 19.1 Å². The van der Waals surface area contributed by atoms with Gasteiger partial charge >= 0.3 is 0 Å². The molecule has 0 unspecified atom stereocenters. The molecule has 0 spiro atoms. The van der Waals surface area contributed by atoms with Crippen LogP contribution >= 0.6 is 0 Å². The molecule has 1 rings (SSSR count). The molecule has 0 aliphatic rings. The predicted molar refractivity (Wildman–Crippen MR) is 54.2 cm³/mol. The van der Waals surface area contributed by atoms with Crippen LogP contribution in [-0.2, 0) is 17.8 Å². The summed E-state index contributed by atoms with van der Waals surface area (Å²) in [6.07, 6.45) is 2.41. The fourth-order valence-electron chi connectivity index (χ4n) is 1.47. The summed E-state index contributed by atoms with van der Waals surface area (Å²) in [7, 11) is 1.64. The Morgan fingerprint density at radius 1 is 1.50 bits per heavy atom. The first-order chi connectivity index (χ1) is 6.83. The van der Waals surface area contributed by atoms with Gasteiger partial charge < -0.3 is 4.74 Å². The first-order valence-corrected chi connectivity index (χ1v) is 4.51. The molecule has 0 heterocycles. The summed E-state index contributed by atoms with van der Waals surface area (Å²) in [6.45, 7) is 2.43. The molecular weight excluding hydrogens is 178 g/mol. The Labute approximate surface area is 83.4 Å². The maximum absolute atomic E-state index is 10.0. The Morgan fingerprint density at radius 2 is 2.29 bits per heavy atom. The van der Waals surface area contributed by atoms with Crippen molar-refractivity contribution in [2.45, 2.75) is 19.9 Å². The highest BCUT2D eigenvalue weighted by molar-refractivity contribution is 5.41. The van der Waals surface area contributed by atoms with Crippen molar-refractivity contribution in [3.63, 3.8) is 0 Å². The highest BCUT2D eigenvalue weighted by atomic mass is 16.5. The molecule has 74 valence electrons. The number of benzene rings is 1. The van der Waals surface area contributed by atoms with E-state index in [0.717, 1.165) is 23.3 Å². The van der Waals surface area contributed by atoms with E-state index in [4.69, 9.17) is 4.74 Å². The van der Waals surface area contributed by atoms with Crippen LogP contribution in [0.15, 0.2) is 23.2 Å². The Balaban J connectivity index is 3.07. The number of aliphatic imine (C=N–C) groups is 1. The maximum Gasteiger partial charge on any atom is 0.235 e. The van der Waals surface area contributed by atoms with Crippen LogP contribution in [0.3, 0.4) is 0 Å². The van der Waals surface area contributed by atoms with Gasteiger partial charge in [0, 0.05) is 0 Å². The van der Waals surface area contributed by atoms with E-state index in [-0.39, 0.29) is 0 Å². The number of isocyanates is 1. The highest BCUT2D eigenvalue weighted by Gasteiger charge is 2.05. The fourth-order valence-corrected chi connectivity index (χ4v) is 1.47. The average Bonchev–Trinajstić information content (AvgIpc) is 2.25. The molecule has 0 saturated carbocycles. The standard InChI is InChI=1S/C11H13NO2/c1-3-10-9(7-12-8-13)5-4-6-11(10)14-2/h4-6H,3,7H2,1-2H3.